The molecule has 1 fully saturated rings. The molecule has 3 heteroatoms. The van der Waals surface area contributed by atoms with Crippen LogP contribution in [-0.4, -0.2) is 5.91 Å². The van der Waals surface area contributed by atoms with Crippen molar-refractivity contribution < 1.29 is 4.79 Å². The van der Waals surface area contributed by atoms with E-state index in [1.54, 1.807) is 0 Å². The Morgan fingerprint density at radius 3 is 2.36 bits per heavy atom. The lowest BCUT2D eigenvalue weighted by atomic mass is 9.64. The maximum atomic E-state index is 12.9. The second kappa shape index (κ2) is 5.77. The topological polar surface area (TPSA) is 29.1 Å². The molecular weight excluding hydrogens is 294 g/mol. The molecule has 0 heterocycles. The molecule has 3 rings (SSSR count). The number of nitrogens with one attached hydrogen (secondary N) is 1. The number of hydrogen-bond acceptors (Lipinski definition) is 1. The van der Waals surface area contributed by atoms with Gasteiger partial charge in [0.25, 0.3) is 0 Å². The highest BCUT2D eigenvalue weighted by molar-refractivity contribution is 6.30. The zero-order valence-electron chi connectivity index (χ0n) is 12.9. The number of hydrogen-bond donors (Lipinski definition) is 1. The number of amides is 1. The van der Waals surface area contributed by atoms with Gasteiger partial charge in [0.1, 0.15) is 0 Å². The number of carbonyl (C=O) groups is 1. The van der Waals surface area contributed by atoms with Gasteiger partial charge in [-0.2, -0.15) is 0 Å². The predicted octanol–water partition coefficient (Wildman–Crippen LogP) is 5.02. The molecular formula is C19H20ClNO. The molecule has 1 aliphatic carbocycles. The van der Waals surface area contributed by atoms with Gasteiger partial charge in [0.15, 0.2) is 0 Å². The van der Waals surface area contributed by atoms with Gasteiger partial charge < -0.3 is 5.32 Å². The standard InChI is InChI=1S/C19H20ClNO/c1-13-4-5-14(2)17(12-13)21-18(22)19(10-3-11-19)15-6-8-16(20)9-7-15/h4-9,12H,3,10-11H2,1-2H3,(H,21,22). The minimum Gasteiger partial charge on any atom is -0.325 e. The van der Waals surface area contributed by atoms with Gasteiger partial charge in [-0.3, -0.25) is 4.79 Å². The zero-order chi connectivity index (χ0) is 15.7. The third-order valence-electron chi connectivity index (χ3n) is 4.68. The fraction of sp³-hybridized carbons (Fsp3) is 0.316. The molecule has 0 bridgehead atoms. The van der Waals surface area contributed by atoms with Gasteiger partial charge in [0.05, 0.1) is 5.41 Å². The normalized spacial score (nSPS) is 16.0. The largest absolute Gasteiger partial charge is 0.325 e. The molecule has 1 N–H and O–H groups in total. The molecule has 1 saturated carbocycles. The van der Waals surface area contributed by atoms with Crippen molar-refractivity contribution in [2.75, 3.05) is 5.32 Å². The summed E-state index contributed by atoms with van der Waals surface area (Å²) in [7, 11) is 0. The van der Waals surface area contributed by atoms with Gasteiger partial charge in [-0.05, 0) is 61.6 Å². The Hall–Kier alpha value is -1.80. The molecule has 0 spiro atoms. The number of benzene rings is 2. The molecule has 2 aromatic rings. The third-order valence-corrected chi connectivity index (χ3v) is 4.93. The number of aryl methyl sites for hydroxylation is 2. The van der Waals surface area contributed by atoms with E-state index in [9.17, 15) is 4.79 Å². The van der Waals surface area contributed by atoms with Crippen molar-refractivity contribution in [2.45, 2.75) is 38.5 Å². The molecule has 1 aliphatic rings. The van der Waals surface area contributed by atoms with Crippen molar-refractivity contribution in [1.29, 1.82) is 0 Å². The highest BCUT2D eigenvalue weighted by Crippen LogP contribution is 2.45. The molecule has 0 radical (unpaired) electrons. The molecule has 22 heavy (non-hydrogen) atoms. The van der Waals surface area contributed by atoms with Crippen LogP contribution in [-0.2, 0) is 10.2 Å². The molecule has 0 saturated heterocycles. The van der Waals surface area contributed by atoms with E-state index in [0.29, 0.717) is 5.02 Å². The van der Waals surface area contributed by atoms with Crippen LogP contribution in [0, 0.1) is 13.8 Å². The highest BCUT2D eigenvalue weighted by Gasteiger charge is 2.45. The zero-order valence-corrected chi connectivity index (χ0v) is 13.7. The minimum absolute atomic E-state index is 0.0924. The summed E-state index contributed by atoms with van der Waals surface area (Å²) in [5.74, 6) is 0.0924. The molecule has 0 unspecified atom stereocenters. The van der Waals surface area contributed by atoms with Gasteiger partial charge in [0, 0.05) is 10.7 Å². The summed E-state index contributed by atoms with van der Waals surface area (Å²) < 4.78 is 0. The van der Waals surface area contributed by atoms with Crippen LogP contribution < -0.4 is 5.32 Å². The first-order chi connectivity index (χ1) is 10.5. The number of carbonyl (C=O) groups excluding carboxylic acids is 1. The Morgan fingerprint density at radius 2 is 1.77 bits per heavy atom. The number of rotatable bonds is 3. The predicted molar refractivity (Wildman–Crippen MR) is 91.5 cm³/mol. The lowest BCUT2D eigenvalue weighted by Crippen LogP contribution is -2.46. The first-order valence-corrected chi connectivity index (χ1v) is 8.04. The van der Waals surface area contributed by atoms with Crippen LogP contribution in [0.3, 0.4) is 0 Å². The quantitative estimate of drug-likeness (QED) is 0.847. The average Bonchev–Trinajstić information content (AvgIpc) is 2.44. The van der Waals surface area contributed by atoms with Crippen LogP contribution in [0.25, 0.3) is 0 Å². The van der Waals surface area contributed by atoms with Crippen molar-refractivity contribution in [2.24, 2.45) is 0 Å². The summed E-state index contributed by atoms with van der Waals surface area (Å²) in [6, 6.07) is 13.8. The summed E-state index contributed by atoms with van der Waals surface area (Å²) >= 11 is 5.97. The molecule has 114 valence electrons. The Kier molecular flexibility index (Phi) is 3.96. The maximum Gasteiger partial charge on any atom is 0.235 e. The molecule has 0 aromatic heterocycles. The van der Waals surface area contributed by atoms with Crippen molar-refractivity contribution >= 4 is 23.2 Å². The third kappa shape index (κ3) is 2.64. The molecule has 2 nitrogen and oxygen atoms in total. The van der Waals surface area contributed by atoms with Gasteiger partial charge in [-0.1, -0.05) is 42.3 Å². The van der Waals surface area contributed by atoms with Crippen LogP contribution in [0.15, 0.2) is 42.5 Å². The first kappa shape index (κ1) is 15.1. The Labute approximate surface area is 136 Å². The second-order valence-electron chi connectivity index (χ2n) is 6.22. The van der Waals surface area contributed by atoms with Gasteiger partial charge in [0.2, 0.25) is 5.91 Å². The maximum absolute atomic E-state index is 12.9. The summed E-state index contributed by atoms with van der Waals surface area (Å²) in [6.45, 7) is 4.05. The van der Waals surface area contributed by atoms with Gasteiger partial charge in [-0.25, -0.2) is 0 Å². The smallest absolute Gasteiger partial charge is 0.235 e. The van der Waals surface area contributed by atoms with Gasteiger partial charge >= 0.3 is 0 Å². The van der Waals surface area contributed by atoms with Crippen LogP contribution in [0.4, 0.5) is 5.69 Å². The molecule has 0 atom stereocenters. The lowest BCUT2D eigenvalue weighted by Gasteiger charge is -2.40. The van der Waals surface area contributed by atoms with E-state index in [1.807, 2.05) is 50.2 Å². The van der Waals surface area contributed by atoms with E-state index in [-0.39, 0.29) is 5.91 Å². The lowest BCUT2D eigenvalue weighted by molar-refractivity contribution is -0.124. The SMILES string of the molecule is Cc1ccc(C)c(NC(=O)C2(c3ccc(Cl)cc3)CCC2)c1. The molecule has 2 aromatic carbocycles. The van der Waals surface area contributed by atoms with E-state index in [1.165, 1.54) is 0 Å². The van der Waals surface area contributed by atoms with E-state index < -0.39 is 5.41 Å². The highest BCUT2D eigenvalue weighted by atomic mass is 35.5. The number of anilines is 1. The Morgan fingerprint density at radius 1 is 1.09 bits per heavy atom. The Bertz CT molecular complexity index is 702. The van der Waals surface area contributed by atoms with Crippen LogP contribution in [0.2, 0.25) is 5.02 Å². The average molecular weight is 314 g/mol. The monoisotopic (exact) mass is 313 g/mol. The molecule has 0 aliphatic heterocycles. The van der Waals surface area contributed by atoms with Crippen molar-refractivity contribution in [3.8, 4) is 0 Å². The van der Waals surface area contributed by atoms with Crippen molar-refractivity contribution in [1.82, 2.24) is 0 Å². The van der Waals surface area contributed by atoms with E-state index in [0.717, 1.165) is 41.6 Å². The number of halogens is 1. The van der Waals surface area contributed by atoms with E-state index >= 15 is 0 Å². The van der Waals surface area contributed by atoms with E-state index in [4.69, 9.17) is 11.6 Å². The van der Waals surface area contributed by atoms with E-state index in [2.05, 4.69) is 11.4 Å². The fourth-order valence-corrected chi connectivity index (χ4v) is 3.18. The van der Waals surface area contributed by atoms with Crippen LogP contribution >= 0.6 is 11.6 Å². The summed E-state index contributed by atoms with van der Waals surface area (Å²) in [5, 5.41) is 3.84. The Balaban J connectivity index is 1.89. The first-order valence-electron chi connectivity index (χ1n) is 7.66. The fourth-order valence-electron chi connectivity index (χ4n) is 3.06. The van der Waals surface area contributed by atoms with Crippen molar-refractivity contribution in [3.63, 3.8) is 0 Å². The minimum atomic E-state index is -0.402. The molecule has 1 amide bonds. The second-order valence-corrected chi connectivity index (χ2v) is 6.65. The van der Waals surface area contributed by atoms with Crippen LogP contribution in [0.1, 0.15) is 36.0 Å². The van der Waals surface area contributed by atoms with Crippen molar-refractivity contribution in [3.05, 3.63) is 64.2 Å². The van der Waals surface area contributed by atoms with Crippen LogP contribution in [0.5, 0.6) is 0 Å². The summed E-state index contributed by atoms with van der Waals surface area (Å²) in [4.78, 5) is 12.9. The summed E-state index contributed by atoms with van der Waals surface area (Å²) in [5.41, 5.74) is 3.80. The van der Waals surface area contributed by atoms with Gasteiger partial charge in [-0.15, -0.1) is 0 Å². The summed E-state index contributed by atoms with van der Waals surface area (Å²) in [6.07, 6.45) is 2.87.